The van der Waals surface area contributed by atoms with Crippen LogP contribution in [0.1, 0.15) is 27.2 Å². The van der Waals surface area contributed by atoms with E-state index in [1.54, 1.807) is 0 Å². The van der Waals surface area contributed by atoms with Crippen molar-refractivity contribution < 1.29 is 17.9 Å². The number of nitrogens with two attached hydrogens (primary N) is 1. The van der Waals surface area contributed by atoms with Gasteiger partial charge < -0.3 is 10.5 Å². The monoisotopic (exact) mass is 289 g/mol. The maximum atomic E-state index is 13.6. The van der Waals surface area contributed by atoms with E-state index in [1.807, 2.05) is 32.1 Å². The molecule has 0 heterocycles. The topological polar surface area (TPSA) is 35.2 Å². The number of hydrogen-bond acceptors (Lipinski definition) is 2. The van der Waals surface area contributed by atoms with E-state index in [0.29, 0.717) is 18.7 Å². The van der Waals surface area contributed by atoms with Gasteiger partial charge in [0.15, 0.2) is 0 Å². The Kier molecular flexibility index (Phi) is 5.87. The molecule has 1 unspecified atom stereocenters. The van der Waals surface area contributed by atoms with Crippen LogP contribution in [0.5, 0.6) is 0 Å². The summed E-state index contributed by atoms with van der Waals surface area (Å²) in [5.74, 6) is 0.556. The van der Waals surface area contributed by atoms with Crippen LogP contribution in [0.4, 0.5) is 13.2 Å². The fraction of sp³-hybridized carbons (Fsp3) is 0.600. The highest BCUT2D eigenvalue weighted by atomic mass is 19.3. The van der Waals surface area contributed by atoms with Gasteiger partial charge in [-0.25, -0.2) is 13.2 Å². The fourth-order valence-corrected chi connectivity index (χ4v) is 1.98. The van der Waals surface area contributed by atoms with Crippen LogP contribution in [0.3, 0.4) is 0 Å². The second kappa shape index (κ2) is 6.97. The molecule has 2 atom stereocenters. The molecule has 114 valence electrons. The Morgan fingerprint density at radius 2 is 2.15 bits per heavy atom. The Balaban J connectivity index is 2.92. The first-order valence-corrected chi connectivity index (χ1v) is 6.65. The molecule has 0 fully saturated rings. The van der Waals surface area contributed by atoms with Gasteiger partial charge in [-0.15, -0.1) is 0 Å². The molecule has 20 heavy (non-hydrogen) atoms. The third-order valence-corrected chi connectivity index (χ3v) is 3.26. The van der Waals surface area contributed by atoms with E-state index in [-0.39, 0.29) is 5.92 Å². The van der Waals surface area contributed by atoms with Crippen LogP contribution >= 0.6 is 0 Å². The summed E-state index contributed by atoms with van der Waals surface area (Å²) in [7, 11) is 0. The summed E-state index contributed by atoms with van der Waals surface area (Å²) in [5.41, 5.74) is 4.68. The highest BCUT2D eigenvalue weighted by Gasteiger charge is 2.36. The molecule has 0 saturated carbocycles. The second-order valence-corrected chi connectivity index (χ2v) is 5.38. The van der Waals surface area contributed by atoms with Crippen molar-refractivity contribution in [2.45, 2.75) is 39.3 Å². The number of allylic oxidation sites excluding steroid dienone is 4. The predicted molar refractivity (Wildman–Crippen MR) is 74.2 cm³/mol. The van der Waals surface area contributed by atoms with Crippen molar-refractivity contribution >= 4 is 0 Å². The van der Waals surface area contributed by atoms with Gasteiger partial charge in [-0.1, -0.05) is 25.2 Å². The molecular weight excluding hydrogens is 267 g/mol. The van der Waals surface area contributed by atoms with Gasteiger partial charge in [-0.05, 0) is 31.4 Å². The lowest BCUT2D eigenvalue weighted by Gasteiger charge is -2.25. The average Bonchev–Trinajstić information content (AvgIpc) is 2.35. The van der Waals surface area contributed by atoms with Crippen molar-refractivity contribution in [3.8, 4) is 0 Å². The molecule has 0 bridgehead atoms. The first-order valence-electron chi connectivity index (χ1n) is 6.65. The van der Waals surface area contributed by atoms with Crippen molar-refractivity contribution in [3.63, 3.8) is 0 Å². The molecule has 0 aromatic carbocycles. The zero-order valence-electron chi connectivity index (χ0n) is 12.1. The fourth-order valence-electron chi connectivity index (χ4n) is 1.98. The highest BCUT2D eigenvalue weighted by molar-refractivity contribution is 5.34. The van der Waals surface area contributed by atoms with Crippen LogP contribution in [0.2, 0.25) is 0 Å². The molecule has 0 aromatic heterocycles. The van der Waals surface area contributed by atoms with Crippen LogP contribution in [-0.4, -0.2) is 25.2 Å². The summed E-state index contributed by atoms with van der Waals surface area (Å²) in [6.07, 6.45) is 3.37. The number of ether oxygens (including phenoxy) is 1. The molecule has 2 N–H and O–H groups in total. The van der Waals surface area contributed by atoms with E-state index < -0.39 is 18.7 Å². The lowest BCUT2D eigenvalue weighted by atomic mass is 9.96. The van der Waals surface area contributed by atoms with E-state index in [0.717, 1.165) is 18.1 Å². The van der Waals surface area contributed by atoms with Crippen molar-refractivity contribution in [3.05, 3.63) is 35.1 Å². The molecule has 5 heteroatoms. The molecule has 0 aliphatic heterocycles. The Morgan fingerprint density at radius 3 is 2.70 bits per heavy atom. The molecule has 1 aliphatic carbocycles. The van der Waals surface area contributed by atoms with Crippen molar-refractivity contribution in [2.75, 3.05) is 13.2 Å². The van der Waals surface area contributed by atoms with Crippen LogP contribution in [0, 0.1) is 5.92 Å². The first-order chi connectivity index (χ1) is 9.27. The summed E-state index contributed by atoms with van der Waals surface area (Å²) in [5, 5.41) is 0. The molecular formula is C15H22F3NO. The largest absolute Gasteiger partial charge is 0.494 e. The number of rotatable bonds is 5. The third-order valence-electron chi connectivity index (χ3n) is 3.26. The van der Waals surface area contributed by atoms with E-state index in [2.05, 4.69) is 0 Å². The Morgan fingerprint density at radius 1 is 1.50 bits per heavy atom. The summed E-state index contributed by atoms with van der Waals surface area (Å²) >= 11 is 0. The van der Waals surface area contributed by atoms with Gasteiger partial charge in [0, 0.05) is 12.5 Å². The minimum Gasteiger partial charge on any atom is -0.494 e. The summed E-state index contributed by atoms with van der Waals surface area (Å²) in [6.45, 7) is 4.31. The van der Waals surface area contributed by atoms with E-state index in [4.69, 9.17) is 10.5 Å². The Hall–Kier alpha value is -1.23. The zero-order valence-corrected chi connectivity index (χ0v) is 12.1. The van der Waals surface area contributed by atoms with Gasteiger partial charge in [0.05, 0.1) is 0 Å². The van der Waals surface area contributed by atoms with Gasteiger partial charge in [-0.2, -0.15) is 0 Å². The van der Waals surface area contributed by atoms with E-state index >= 15 is 0 Å². The zero-order chi connectivity index (χ0) is 15.3. The van der Waals surface area contributed by atoms with Gasteiger partial charge in [-0.3, -0.25) is 0 Å². The summed E-state index contributed by atoms with van der Waals surface area (Å²) < 4.78 is 44.0. The molecule has 0 saturated heterocycles. The van der Waals surface area contributed by atoms with Crippen LogP contribution in [0.15, 0.2) is 35.1 Å². The molecule has 0 spiro atoms. The number of halogens is 3. The number of alkyl halides is 3. The van der Waals surface area contributed by atoms with Crippen molar-refractivity contribution in [1.29, 1.82) is 0 Å². The highest BCUT2D eigenvalue weighted by Crippen LogP contribution is 2.28. The quantitative estimate of drug-likeness (QED) is 0.836. The second-order valence-electron chi connectivity index (χ2n) is 5.38. The van der Waals surface area contributed by atoms with Gasteiger partial charge in [0.25, 0.3) is 6.43 Å². The molecule has 1 rings (SSSR count). The van der Waals surface area contributed by atoms with Crippen LogP contribution in [-0.2, 0) is 4.74 Å². The minimum absolute atomic E-state index is 0.00953. The minimum atomic E-state index is -3.07. The Labute approximate surface area is 118 Å². The standard InChI is InChI=1S/C15H22F3NO/c1-10-5-4-6-12(8-19)7-11(2)13(10)20-9-15(3,18)14(16)17/h4,6-7,10,14H,5,8-9,19H2,1-3H3/t10?,15-/m1/s1. The summed E-state index contributed by atoms with van der Waals surface area (Å²) in [4.78, 5) is 0. The lowest BCUT2D eigenvalue weighted by molar-refractivity contribution is -0.0649. The average molecular weight is 289 g/mol. The van der Waals surface area contributed by atoms with Gasteiger partial charge in [0.2, 0.25) is 5.67 Å². The predicted octanol–water partition coefficient (Wildman–Crippen LogP) is 3.75. The van der Waals surface area contributed by atoms with Crippen LogP contribution in [0.25, 0.3) is 0 Å². The molecule has 0 aromatic rings. The molecule has 2 nitrogen and oxygen atoms in total. The van der Waals surface area contributed by atoms with E-state index in [9.17, 15) is 13.2 Å². The first kappa shape index (κ1) is 16.8. The molecule has 0 amide bonds. The van der Waals surface area contributed by atoms with Crippen molar-refractivity contribution in [1.82, 2.24) is 0 Å². The maximum Gasteiger partial charge on any atom is 0.275 e. The normalized spacial score (nSPS) is 23.2. The number of hydrogen-bond donors (Lipinski definition) is 1. The molecule has 0 radical (unpaired) electrons. The Bertz CT molecular complexity index is 425. The SMILES string of the molecule is CC1=C(OC[C@@](C)(F)C(F)F)C(C)CC=CC(CN)=C1. The molecule has 1 aliphatic rings. The maximum absolute atomic E-state index is 13.6. The lowest BCUT2D eigenvalue weighted by Crippen LogP contribution is -2.34. The smallest absolute Gasteiger partial charge is 0.275 e. The van der Waals surface area contributed by atoms with Crippen molar-refractivity contribution in [2.24, 2.45) is 11.7 Å². The van der Waals surface area contributed by atoms with E-state index in [1.165, 1.54) is 0 Å². The van der Waals surface area contributed by atoms with Gasteiger partial charge in [0.1, 0.15) is 12.4 Å². The summed E-state index contributed by atoms with van der Waals surface area (Å²) in [6, 6.07) is 0. The third kappa shape index (κ3) is 4.40. The van der Waals surface area contributed by atoms with Gasteiger partial charge >= 0.3 is 0 Å². The van der Waals surface area contributed by atoms with Crippen LogP contribution < -0.4 is 5.73 Å².